The average Bonchev–Trinajstić information content (AvgIpc) is 2.93. The van der Waals surface area contributed by atoms with Crippen molar-refractivity contribution in [2.45, 2.75) is 32.6 Å². The number of ketones is 1. The van der Waals surface area contributed by atoms with Gasteiger partial charge in [-0.25, -0.2) is 4.39 Å². The van der Waals surface area contributed by atoms with Crippen molar-refractivity contribution in [2.24, 2.45) is 0 Å². The molecule has 1 aliphatic rings. The molecule has 0 atom stereocenters. The van der Waals surface area contributed by atoms with E-state index in [0.29, 0.717) is 23.1 Å². The molecule has 0 fully saturated rings. The number of aryl methyl sites for hydroxylation is 1. The predicted molar refractivity (Wildman–Crippen MR) is 88.5 cm³/mol. The van der Waals surface area contributed by atoms with E-state index in [0.717, 1.165) is 18.5 Å². The molecule has 1 heterocycles. The number of carbonyl (C=O) groups excluding carboxylic acids is 3. The van der Waals surface area contributed by atoms with Crippen LogP contribution in [0.2, 0.25) is 0 Å². The van der Waals surface area contributed by atoms with Gasteiger partial charge in [0.1, 0.15) is 11.5 Å². The van der Waals surface area contributed by atoms with Gasteiger partial charge in [0.15, 0.2) is 5.78 Å². The zero-order chi connectivity index (χ0) is 18.0. The van der Waals surface area contributed by atoms with Crippen LogP contribution in [-0.4, -0.2) is 22.6 Å². The molecule has 1 aromatic heterocycles. The van der Waals surface area contributed by atoms with E-state index in [1.165, 1.54) is 24.3 Å². The molecule has 0 spiro atoms. The summed E-state index contributed by atoms with van der Waals surface area (Å²) in [6.07, 6.45) is 1.99. The van der Waals surface area contributed by atoms with Gasteiger partial charge in [-0.1, -0.05) is 12.1 Å². The maximum absolute atomic E-state index is 12.8. The Morgan fingerprint density at radius 1 is 1.16 bits per heavy atom. The van der Waals surface area contributed by atoms with Crippen LogP contribution >= 0.6 is 0 Å². The number of benzene rings is 1. The molecule has 2 amide bonds. The summed E-state index contributed by atoms with van der Waals surface area (Å²) in [7, 11) is 0. The van der Waals surface area contributed by atoms with E-state index in [1.807, 2.05) is 0 Å². The van der Waals surface area contributed by atoms with E-state index < -0.39 is 11.8 Å². The third-order valence-electron chi connectivity index (χ3n) is 4.26. The summed E-state index contributed by atoms with van der Waals surface area (Å²) in [6.45, 7) is 1.72. The van der Waals surface area contributed by atoms with Crippen LogP contribution in [0.3, 0.4) is 0 Å². The van der Waals surface area contributed by atoms with Gasteiger partial charge in [0.25, 0.3) is 5.91 Å². The van der Waals surface area contributed by atoms with Gasteiger partial charge >= 0.3 is 0 Å². The van der Waals surface area contributed by atoms with Crippen LogP contribution in [0.15, 0.2) is 24.3 Å². The average molecular weight is 343 g/mol. The lowest BCUT2D eigenvalue weighted by molar-refractivity contribution is -0.121. The number of Topliss-reactive ketones (excluding diaryl/α,β-unsaturated/α-hetero) is 1. The fourth-order valence-corrected chi connectivity index (χ4v) is 3.02. The normalized spacial score (nSPS) is 13.3. The first-order valence-corrected chi connectivity index (χ1v) is 8.04. The zero-order valence-corrected chi connectivity index (χ0v) is 13.7. The maximum Gasteiger partial charge on any atom is 0.286 e. The molecule has 1 aromatic carbocycles. The number of nitrogens with one attached hydrogen (secondary N) is 3. The fourth-order valence-electron chi connectivity index (χ4n) is 3.02. The van der Waals surface area contributed by atoms with Crippen molar-refractivity contribution in [3.05, 3.63) is 58.2 Å². The highest BCUT2D eigenvalue weighted by Crippen LogP contribution is 2.26. The number of rotatable bonds is 3. The van der Waals surface area contributed by atoms with Crippen LogP contribution in [-0.2, 0) is 17.6 Å². The summed E-state index contributed by atoms with van der Waals surface area (Å²) in [5.41, 5.74) is 7.54. The molecule has 130 valence electrons. The number of carbonyl (C=O) groups is 3. The van der Waals surface area contributed by atoms with E-state index in [1.54, 1.807) is 6.92 Å². The number of amides is 2. The van der Waals surface area contributed by atoms with E-state index in [4.69, 9.17) is 0 Å². The predicted octanol–water partition coefficient (Wildman–Crippen LogP) is 1.98. The molecular formula is C18H18FN3O3. The second-order valence-electron chi connectivity index (χ2n) is 6.06. The summed E-state index contributed by atoms with van der Waals surface area (Å²) < 4.78 is 12.8. The minimum absolute atomic E-state index is 0.0131. The molecule has 3 N–H and O–H groups in total. The first-order valence-electron chi connectivity index (χ1n) is 8.04. The SMILES string of the molecule is Cc1c(C(=O)NNC(=O)Cc2ccc(F)cc2)[nH]c2c1C(=O)CCC2. The largest absolute Gasteiger partial charge is 0.354 e. The molecule has 0 bridgehead atoms. The third-order valence-corrected chi connectivity index (χ3v) is 4.26. The Morgan fingerprint density at radius 3 is 2.56 bits per heavy atom. The van der Waals surface area contributed by atoms with Gasteiger partial charge in [0, 0.05) is 17.7 Å². The first-order chi connectivity index (χ1) is 12.0. The minimum Gasteiger partial charge on any atom is -0.354 e. The van der Waals surface area contributed by atoms with Crippen molar-refractivity contribution < 1.29 is 18.8 Å². The minimum atomic E-state index is -0.507. The summed E-state index contributed by atoms with van der Waals surface area (Å²) in [6, 6.07) is 5.55. The van der Waals surface area contributed by atoms with Gasteiger partial charge in [0.05, 0.1) is 6.42 Å². The molecule has 3 rings (SSSR count). The highest BCUT2D eigenvalue weighted by molar-refractivity contribution is 6.04. The smallest absolute Gasteiger partial charge is 0.286 e. The van der Waals surface area contributed by atoms with E-state index >= 15 is 0 Å². The lowest BCUT2D eigenvalue weighted by atomic mass is 9.94. The second-order valence-corrected chi connectivity index (χ2v) is 6.06. The number of hydrazine groups is 1. The van der Waals surface area contributed by atoms with Gasteiger partial charge in [0.2, 0.25) is 5.91 Å². The van der Waals surface area contributed by atoms with Gasteiger partial charge in [-0.05, 0) is 43.0 Å². The van der Waals surface area contributed by atoms with Crippen LogP contribution in [0.4, 0.5) is 4.39 Å². The Bertz CT molecular complexity index is 840. The van der Waals surface area contributed by atoms with E-state index in [-0.39, 0.29) is 23.7 Å². The highest BCUT2D eigenvalue weighted by Gasteiger charge is 2.26. The van der Waals surface area contributed by atoms with Crippen LogP contribution in [0.5, 0.6) is 0 Å². The van der Waals surface area contributed by atoms with Gasteiger partial charge < -0.3 is 4.98 Å². The Kier molecular flexibility index (Phi) is 4.65. The molecule has 6 nitrogen and oxygen atoms in total. The Labute approximate surface area is 143 Å². The van der Waals surface area contributed by atoms with Gasteiger partial charge in [-0.15, -0.1) is 0 Å². The monoisotopic (exact) mass is 343 g/mol. The van der Waals surface area contributed by atoms with E-state index in [9.17, 15) is 18.8 Å². The van der Waals surface area contributed by atoms with Gasteiger partial charge in [-0.2, -0.15) is 0 Å². The standard InChI is InChI=1S/C18H18FN3O3/c1-10-16-13(3-2-4-14(16)23)20-17(10)18(25)22-21-15(24)9-11-5-7-12(19)8-6-11/h5-8,20H,2-4,9H2,1H3,(H,21,24)(H,22,25). The van der Waals surface area contributed by atoms with Crippen LogP contribution in [0.25, 0.3) is 0 Å². The third kappa shape index (κ3) is 3.60. The van der Waals surface area contributed by atoms with Crippen molar-refractivity contribution in [2.75, 3.05) is 0 Å². The Balaban J connectivity index is 1.62. The van der Waals surface area contributed by atoms with Crippen LogP contribution in [0.1, 0.15) is 50.5 Å². The van der Waals surface area contributed by atoms with Crippen LogP contribution in [0, 0.1) is 12.7 Å². The summed E-state index contributed by atoms with van der Waals surface area (Å²) in [5, 5.41) is 0. The number of aromatic amines is 1. The van der Waals surface area contributed by atoms with E-state index in [2.05, 4.69) is 15.8 Å². The second kappa shape index (κ2) is 6.88. The first kappa shape index (κ1) is 16.9. The summed E-state index contributed by atoms with van der Waals surface area (Å²) in [5.74, 6) is -1.27. The van der Waals surface area contributed by atoms with Crippen molar-refractivity contribution in [1.29, 1.82) is 0 Å². The zero-order valence-electron chi connectivity index (χ0n) is 13.7. The molecule has 0 radical (unpaired) electrons. The van der Waals surface area contributed by atoms with Crippen molar-refractivity contribution in [1.82, 2.24) is 15.8 Å². The summed E-state index contributed by atoms with van der Waals surface area (Å²) >= 11 is 0. The van der Waals surface area contributed by atoms with Gasteiger partial charge in [-0.3, -0.25) is 25.2 Å². The number of hydrogen-bond donors (Lipinski definition) is 3. The quantitative estimate of drug-likeness (QED) is 0.744. The molecular weight excluding hydrogens is 325 g/mol. The maximum atomic E-state index is 12.8. The van der Waals surface area contributed by atoms with Crippen LogP contribution < -0.4 is 10.9 Å². The number of halogens is 1. The number of hydrogen-bond acceptors (Lipinski definition) is 3. The lowest BCUT2D eigenvalue weighted by Crippen LogP contribution is -2.42. The molecule has 0 saturated heterocycles. The van der Waals surface area contributed by atoms with Crippen molar-refractivity contribution in [3.63, 3.8) is 0 Å². The molecule has 1 aliphatic carbocycles. The number of aromatic nitrogens is 1. The molecule has 0 unspecified atom stereocenters. The molecule has 0 saturated carbocycles. The topological polar surface area (TPSA) is 91.1 Å². The molecule has 25 heavy (non-hydrogen) atoms. The highest BCUT2D eigenvalue weighted by atomic mass is 19.1. The lowest BCUT2D eigenvalue weighted by Gasteiger charge is -2.09. The molecule has 7 heteroatoms. The Hall–Kier alpha value is -2.96. The Morgan fingerprint density at radius 2 is 1.88 bits per heavy atom. The summed E-state index contributed by atoms with van der Waals surface area (Å²) in [4.78, 5) is 39.1. The number of fused-ring (bicyclic) bond motifs is 1. The molecule has 0 aliphatic heterocycles. The van der Waals surface area contributed by atoms with Crippen molar-refractivity contribution >= 4 is 17.6 Å². The van der Waals surface area contributed by atoms with Crippen molar-refractivity contribution in [3.8, 4) is 0 Å². The fraction of sp³-hybridized carbons (Fsp3) is 0.278. The number of H-pyrrole nitrogens is 1. The molecule has 2 aromatic rings.